The minimum absolute atomic E-state index is 0.0371. The van der Waals surface area contributed by atoms with E-state index in [0.717, 1.165) is 31.6 Å². The van der Waals surface area contributed by atoms with Crippen molar-refractivity contribution in [2.24, 2.45) is 0 Å². The molecule has 0 bridgehead atoms. The largest absolute Gasteiger partial charge is 0.493 e. The fourth-order valence-electron chi connectivity index (χ4n) is 3.50. The maximum Gasteiger partial charge on any atom is 0.255 e. The number of halogens is 1. The monoisotopic (exact) mass is 388 g/mol. The smallest absolute Gasteiger partial charge is 0.255 e. The molecule has 0 spiro atoms. The molecule has 3 rings (SSSR count). The average Bonchev–Trinajstić information content (AvgIpc) is 2.72. The second-order valence-corrected chi connectivity index (χ2v) is 6.60. The zero-order valence-corrected chi connectivity index (χ0v) is 16.3. The number of rotatable bonds is 6. The van der Waals surface area contributed by atoms with Gasteiger partial charge in [-0.25, -0.2) is 4.39 Å². The summed E-state index contributed by atoms with van der Waals surface area (Å²) in [5.74, 6) is 0.768. The molecule has 1 N–H and O–H groups in total. The highest BCUT2D eigenvalue weighted by Crippen LogP contribution is 2.39. The third-order valence-corrected chi connectivity index (χ3v) is 4.95. The van der Waals surface area contributed by atoms with E-state index in [2.05, 4.69) is 10.2 Å². The number of nitrogens with zero attached hydrogens (tertiary/aromatic N) is 1. The third-order valence-electron chi connectivity index (χ3n) is 4.95. The van der Waals surface area contributed by atoms with Crippen molar-refractivity contribution in [3.05, 3.63) is 47.8 Å². The Kier molecular flexibility index (Phi) is 6.23. The maximum atomic E-state index is 13.4. The van der Waals surface area contributed by atoms with Gasteiger partial charge in [0.25, 0.3) is 5.91 Å². The van der Waals surface area contributed by atoms with E-state index < -0.39 is 0 Å². The van der Waals surface area contributed by atoms with Gasteiger partial charge in [0, 0.05) is 24.8 Å². The highest BCUT2D eigenvalue weighted by atomic mass is 19.1. The van der Waals surface area contributed by atoms with Crippen LogP contribution >= 0.6 is 0 Å². The number of amides is 1. The number of anilines is 1. The molecular weight excluding hydrogens is 363 g/mol. The molecule has 1 aliphatic heterocycles. The highest BCUT2D eigenvalue weighted by molar-refractivity contribution is 5.98. The second kappa shape index (κ2) is 8.82. The van der Waals surface area contributed by atoms with Crippen LogP contribution in [0.3, 0.4) is 0 Å². The Hall–Kier alpha value is -2.96. The number of hydrogen-bond acceptors (Lipinski definition) is 5. The van der Waals surface area contributed by atoms with Gasteiger partial charge in [0.05, 0.1) is 26.9 Å². The number of nitrogens with one attached hydrogen (secondary N) is 1. The summed E-state index contributed by atoms with van der Waals surface area (Å²) in [7, 11) is 4.53. The van der Waals surface area contributed by atoms with E-state index in [1.54, 1.807) is 18.2 Å². The molecule has 28 heavy (non-hydrogen) atoms. The van der Waals surface area contributed by atoms with Gasteiger partial charge < -0.3 is 24.4 Å². The molecule has 1 amide bonds. The van der Waals surface area contributed by atoms with Crippen LogP contribution in [0.1, 0.15) is 23.2 Å². The molecule has 0 atom stereocenters. The van der Waals surface area contributed by atoms with Crippen molar-refractivity contribution in [1.29, 1.82) is 0 Å². The van der Waals surface area contributed by atoms with Crippen LogP contribution in [0.2, 0.25) is 0 Å². The molecule has 0 unspecified atom stereocenters. The maximum absolute atomic E-state index is 13.4. The van der Waals surface area contributed by atoms with E-state index in [1.807, 2.05) is 6.07 Å². The van der Waals surface area contributed by atoms with Gasteiger partial charge in [0.1, 0.15) is 5.82 Å². The fourth-order valence-corrected chi connectivity index (χ4v) is 3.50. The van der Waals surface area contributed by atoms with Crippen LogP contribution in [0.5, 0.6) is 17.2 Å². The zero-order valence-electron chi connectivity index (χ0n) is 16.3. The molecule has 0 aliphatic carbocycles. The van der Waals surface area contributed by atoms with Crippen LogP contribution in [0.4, 0.5) is 10.1 Å². The van der Waals surface area contributed by atoms with E-state index in [9.17, 15) is 9.18 Å². The molecule has 2 aromatic rings. The molecule has 0 aromatic heterocycles. The Bertz CT molecular complexity index is 835. The van der Waals surface area contributed by atoms with E-state index in [0.29, 0.717) is 22.8 Å². The summed E-state index contributed by atoms with van der Waals surface area (Å²) >= 11 is 0. The summed E-state index contributed by atoms with van der Waals surface area (Å²) < 4.78 is 29.4. The number of carbonyl (C=O) groups excluding carboxylic acids is 1. The lowest BCUT2D eigenvalue weighted by atomic mass is 10.0. The first-order valence-electron chi connectivity index (χ1n) is 9.17. The normalized spacial score (nSPS) is 14.5. The summed E-state index contributed by atoms with van der Waals surface area (Å²) in [6.45, 7) is 1.49. The van der Waals surface area contributed by atoms with Crippen molar-refractivity contribution in [2.75, 3.05) is 39.3 Å². The van der Waals surface area contributed by atoms with Gasteiger partial charge in [0.15, 0.2) is 11.5 Å². The van der Waals surface area contributed by atoms with Crippen LogP contribution in [0.15, 0.2) is 36.4 Å². The summed E-state index contributed by atoms with van der Waals surface area (Å²) in [4.78, 5) is 14.9. The first-order valence-corrected chi connectivity index (χ1v) is 9.17. The lowest BCUT2D eigenvalue weighted by molar-refractivity contribution is 0.0927. The molecule has 6 nitrogen and oxygen atoms in total. The lowest BCUT2D eigenvalue weighted by Crippen LogP contribution is -2.44. The molecule has 150 valence electrons. The third kappa shape index (κ3) is 4.13. The summed E-state index contributed by atoms with van der Waals surface area (Å²) in [5, 5.41) is 3.07. The van der Waals surface area contributed by atoms with Gasteiger partial charge in [-0.15, -0.1) is 0 Å². The summed E-state index contributed by atoms with van der Waals surface area (Å²) in [6, 6.07) is 9.97. The predicted molar refractivity (Wildman–Crippen MR) is 105 cm³/mol. The lowest BCUT2D eigenvalue weighted by Gasteiger charge is -2.34. The Labute approximate surface area is 164 Å². The van der Waals surface area contributed by atoms with Crippen molar-refractivity contribution < 1.29 is 23.4 Å². The molecule has 7 heteroatoms. The van der Waals surface area contributed by atoms with E-state index >= 15 is 0 Å². The van der Waals surface area contributed by atoms with Crippen molar-refractivity contribution in [3.63, 3.8) is 0 Å². The van der Waals surface area contributed by atoms with Gasteiger partial charge in [-0.2, -0.15) is 0 Å². The standard InChI is InChI=1S/C21H25FN2O4/c1-26-18-8-7-17(19(27-2)20(18)28-3)21(25)23-15-9-11-24(12-10-15)16-6-4-5-14(22)13-16/h4-8,13,15H,9-12H2,1-3H3,(H,23,25). The van der Waals surface area contributed by atoms with Crippen molar-refractivity contribution in [2.45, 2.75) is 18.9 Å². The first-order chi connectivity index (χ1) is 13.6. The Balaban J connectivity index is 1.66. The first kappa shape index (κ1) is 19.8. The minimum Gasteiger partial charge on any atom is -0.493 e. The van der Waals surface area contributed by atoms with E-state index in [1.165, 1.54) is 33.5 Å². The minimum atomic E-state index is -0.242. The zero-order chi connectivity index (χ0) is 20.1. The molecule has 2 aromatic carbocycles. The topological polar surface area (TPSA) is 60.0 Å². The van der Waals surface area contributed by atoms with Crippen molar-refractivity contribution >= 4 is 11.6 Å². The van der Waals surface area contributed by atoms with Crippen LogP contribution in [-0.2, 0) is 0 Å². The Morgan fingerprint density at radius 2 is 1.75 bits per heavy atom. The summed E-state index contributed by atoms with van der Waals surface area (Å²) in [5.41, 5.74) is 1.26. The average molecular weight is 388 g/mol. The number of methoxy groups -OCH3 is 3. The van der Waals surface area contributed by atoms with E-state index in [-0.39, 0.29) is 17.8 Å². The van der Waals surface area contributed by atoms with Crippen molar-refractivity contribution in [3.8, 4) is 17.2 Å². The predicted octanol–water partition coefficient (Wildman–Crippen LogP) is 3.25. The van der Waals surface area contributed by atoms with Crippen LogP contribution < -0.4 is 24.4 Å². The molecule has 0 saturated carbocycles. The van der Waals surface area contributed by atoms with Crippen molar-refractivity contribution in [1.82, 2.24) is 5.32 Å². The molecule has 1 heterocycles. The molecule has 0 radical (unpaired) electrons. The molecule has 1 fully saturated rings. The number of piperidine rings is 1. The number of benzene rings is 2. The van der Waals surface area contributed by atoms with Crippen LogP contribution in [-0.4, -0.2) is 46.4 Å². The van der Waals surface area contributed by atoms with Crippen LogP contribution in [0, 0.1) is 5.82 Å². The van der Waals surface area contributed by atoms with Gasteiger partial charge >= 0.3 is 0 Å². The molecule has 1 aliphatic rings. The SMILES string of the molecule is COc1ccc(C(=O)NC2CCN(c3cccc(F)c3)CC2)c(OC)c1OC. The fraction of sp³-hybridized carbons (Fsp3) is 0.381. The summed E-state index contributed by atoms with van der Waals surface area (Å²) in [6.07, 6.45) is 1.55. The van der Waals surface area contributed by atoms with Gasteiger partial charge in [0.2, 0.25) is 5.75 Å². The van der Waals surface area contributed by atoms with E-state index in [4.69, 9.17) is 14.2 Å². The molecular formula is C21H25FN2O4. The quantitative estimate of drug-likeness (QED) is 0.823. The molecule has 1 saturated heterocycles. The number of carbonyl (C=O) groups is 1. The number of hydrogen-bond donors (Lipinski definition) is 1. The second-order valence-electron chi connectivity index (χ2n) is 6.60. The van der Waals surface area contributed by atoms with Gasteiger partial charge in [-0.05, 0) is 43.2 Å². The van der Waals surface area contributed by atoms with Gasteiger partial charge in [-0.3, -0.25) is 4.79 Å². The van der Waals surface area contributed by atoms with Gasteiger partial charge in [-0.1, -0.05) is 6.07 Å². The Morgan fingerprint density at radius 3 is 2.36 bits per heavy atom. The van der Waals surface area contributed by atoms with Crippen LogP contribution in [0.25, 0.3) is 0 Å². The number of ether oxygens (including phenoxy) is 3. The highest BCUT2D eigenvalue weighted by Gasteiger charge is 2.25. The Morgan fingerprint density at radius 1 is 1.04 bits per heavy atom.